The summed E-state index contributed by atoms with van der Waals surface area (Å²) in [6.07, 6.45) is 7.07. The van der Waals surface area contributed by atoms with Crippen LogP contribution in [0.15, 0.2) is 48.0 Å². The van der Waals surface area contributed by atoms with Gasteiger partial charge in [0, 0.05) is 36.5 Å². The zero-order valence-electron chi connectivity index (χ0n) is 13.6. The van der Waals surface area contributed by atoms with E-state index in [2.05, 4.69) is 25.3 Å². The van der Waals surface area contributed by atoms with Crippen molar-refractivity contribution < 1.29 is 4.79 Å². The summed E-state index contributed by atoms with van der Waals surface area (Å²) in [6, 6.07) is 7.64. The number of amides is 1. The molecule has 0 saturated heterocycles. The quantitative estimate of drug-likeness (QED) is 0.451. The lowest BCUT2D eigenvalue weighted by Gasteiger charge is -2.06. The highest BCUT2D eigenvalue weighted by Gasteiger charge is 2.18. The second-order valence-electron chi connectivity index (χ2n) is 5.35. The maximum absolute atomic E-state index is 11.5. The molecule has 25 heavy (non-hydrogen) atoms. The van der Waals surface area contributed by atoms with E-state index in [1.165, 1.54) is 18.7 Å². The van der Waals surface area contributed by atoms with Gasteiger partial charge in [-0.25, -0.2) is 19.9 Å². The number of carbonyl (C=O) groups is 1. The van der Waals surface area contributed by atoms with Gasteiger partial charge < -0.3 is 0 Å². The molecule has 1 N–H and O–H groups in total. The van der Waals surface area contributed by atoms with E-state index in [9.17, 15) is 4.79 Å². The number of hydrogen-bond acceptors (Lipinski definition) is 6. The first-order chi connectivity index (χ1) is 12.2. The third-order valence-corrected chi connectivity index (χ3v) is 4.33. The number of rotatable bonds is 3. The maximum atomic E-state index is 11.5. The van der Waals surface area contributed by atoms with Crippen LogP contribution in [0.1, 0.15) is 6.92 Å². The molecule has 0 fully saturated rings. The molecule has 7 nitrogen and oxygen atoms in total. The highest BCUT2D eigenvalue weighted by atomic mass is 32.2. The summed E-state index contributed by atoms with van der Waals surface area (Å²) < 4.78 is 1.84. The molecule has 4 heterocycles. The first-order valence-electron chi connectivity index (χ1n) is 7.58. The van der Waals surface area contributed by atoms with Crippen LogP contribution in [0.2, 0.25) is 0 Å². The van der Waals surface area contributed by atoms with Gasteiger partial charge in [-0.15, -0.1) is 0 Å². The van der Waals surface area contributed by atoms with Crippen molar-refractivity contribution in [1.82, 2.24) is 24.3 Å². The van der Waals surface area contributed by atoms with Crippen molar-refractivity contribution in [3.63, 3.8) is 0 Å². The summed E-state index contributed by atoms with van der Waals surface area (Å²) in [7, 11) is 0. The molecule has 4 aromatic rings. The standard InChI is InChI=1S/C17H14N6OS/c1-10(24)21-16-19-9-6-13-14(12-5-8-20-17(22-12)25-2)11-4-3-7-18-15(11)23(13)16/h3-9H,1-2H3,(H,19,21,24). The van der Waals surface area contributed by atoms with Crippen molar-refractivity contribution >= 4 is 40.2 Å². The molecule has 0 saturated carbocycles. The van der Waals surface area contributed by atoms with Crippen molar-refractivity contribution in [1.29, 1.82) is 0 Å². The minimum Gasteiger partial charge on any atom is -0.296 e. The van der Waals surface area contributed by atoms with E-state index in [0.717, 1.165) is 22.2 Å². The van der Waals surface area contributed by atoms with Crippen molar-refractivity contribution in [2.45, 2.75) is 12.1 Å². The summed E-state index contributed by atoms with van der Waals surface area (Å²) in [5.74, 6) is 0.241. The first kappa shape index (κ1) is 15.5. The zero-order chi connectivity index (χ0) is 17.4. The monoisotopic (exact) mass is 350 g/mol. The van der Waals surface area contributed by atoms with E-state index >= 15 is 0 Å². The van der Waals surface area contributed by atoms with Crippen molar-refractivity contribution in [2.75, 3.05) is 11.6 Å². The molecule has 0 unspecified atom stereocenters. The lowest BCUT2D eigenvalue weighted by Crippen LogP contribution is -2.11. The predicted molar refractivity (Wildman–Crippen MR) is 97.6 cm³/mol. The number of fused-ring (bicyclic) bond motifs is 3. The van der Waals surface area contributed by atoms with Crippen LogP contribution in [0.3, 0.4) is 0 Å². The van der Waals surface area contributed by atoms with Crippen LogP contribution in [0, 0.1) is 0 Å². The Morgan fingerprint density at radius 2 is 1.96 bits per heavy atom. The molecule has 4 rings (SSSR count). The van der Waals surface area contributed by atoms with E-state index in [1.807, 2.05) is 34.9 Å². The lowest BCUT2D eigenvalue weighted by molar-refractivity contribution is -0.114. The number of pyridine rings is 1. The minimum absolute atomic E-state index is 0.189. The van der Waals surface area contributed by atoms with E-state index < -0.39 is 0 Å². The molecule has 0 bridgehead atoms. The molecule has 0 atom stereocenters. The van der Waals surface area contributed by atoms with Crippen LogP contribution < -0.4 is 5.32 Å². The van der Waals surface area contributed by atoms with E-state index in [4.69, 9.17) is 0 Å². The van der Waals surface area contributed by atoms with Crippen LogP contribution in [-0.4, -0.2) is 36.5 Å². The molecule has 0 spiro atoms. The van der Waals surface area contributed by atoms with Gasteiger partial charge in [-0.1, -0.05) is 11.8 Å². The fourth-order valence-corrected chi connectivity index (χ4v) is 3.19. The van der Waals surface area contributed by atoms with Gasteiger partial charge in [-0.2, -0.15) is 0 Å². The van der Waals surface area contributed by atoms with Crippen molar-refractivity contribution in [3.8, 4) is 11.3 Å². The number of aromatic nitrogens is 5. The first-order valence-corrected chi connectivity index (χ1v) is 8.80. The van der Waals surface area contributed by atoms with Gasteiger partial charge in [0.25, 0.3) is 0 Å². The normalized spacial score (nSPS) is 11.1. The largest absolute Gasteiger partial charge is 0.296 e. The average molecular weight is 350 g/mol. The summed E-state index contributed by atoms with van der Waals surface area (Å²) >= 11 is 1.49. The summed E-state index contributed by atoms with van der Waals surface area (Å²) in [4.78, 5) is 29.2. The molecule has 124 valence electrons. The molecule has 0 aliphatic carbocycles. The molecule has 8 heteroatoms. The smallest absolute Gasteiger partial charge is 0.223 e. The molecule has 0 radical (unpaired) electrons. The highest BCUT2D eigenvalue weighted by molar-refractivity contribution is 7.98. The van der Waals surface area contributed by atoms with E-state index in [-0.39, 0.29) is 5.91 Å². The average Bonchev–Trinajstić information content (AvgIpc) is 2.96. The van der Waals surface area contributed by atoms with Gasteiger partial charge in [0.2, 0.25) is 11.9 Å². The Labute approximate surface area is 147 Å². The van der Waals surface area contributed by atoms with Crippen LogP contribution in [0.4, 0.5) is 5.95 Å². The van der Waals surface area contributed by atoms with Gasteiger partial charge in [0.05, 0.1) is 11.2 Å². The molecule has 1 amide bonds. The fourth-order valence-electron chi connectivity index (χ4n) is 2.84. The minimum atomic E-state index is -0.189. The van der Waals surface area contributed by atoms with E-state index in [0.29, 0.717) is 16.8 Å². The number of hydrogen-bond donors (Lipinski definition) is 1. The summed E-state index contributed by atoms with van der Waals surface area (Å²) in [6.45, 7) is 1.45. The number of thioether (sulfide) groups is 1. The Bertz CT molecular complexity index is 1110. The SMILES string of the molecule is CSc1nccc(-c2c3cccnc3n3c(NC(C)=O)nccc23)n1. The summed E-state index contributed by atoms with van der Waals surface area (Å²) in [5.41, 5.74) is 3.33. The maximum Gasteiger partial charge on any atom is 0.223 e. The second kappa shape index (κ2) is 6.14. The topological polar surface area (TPSA) is 85.1 Å². The third kappa shape index (κ3) is 2.60. The van der Waals surface area contributed by atoms with Gasteiger partial charge in [0.15, 0.2) is 5.16 Å². The predicted octanol–water partition coefficient (Wildman–Crippen LogP) is 3.02. The number of nitrogens with zero attached hydrogens (tertiary/aromatic N) is 5. The molecule has 0 aromatic carbocycles. The van der Waals surface area contributed by atoms with Crippen molar-refractivity contribution in [3.05, 3.63) is 42.9 Å². The number of nitrogens with one attached hydrogen (secondary N) is 1. The Balaban J connectivity index is 2.11. The number of anilines is 1. The second-order valence-corrected chi connectivity index (χ2v) is 6.12. The Morgan fingerprint density at radius 3 is 2.76 bits per heavy atom. The Hall–Kier alpha value is -3.00. The number of carbonyl (C=O) groups excluding carboxylic acids is 1. The molecule has 0 aliphatic heterocycles. The van der Waals surface area contributed by atoms with Crippen LogP contribution in [0.5, 0.6) is 0 Å². The molecular formula is C17H14N6OS. The summed E-state index contributed by atoms with van der Waals surface area (Å²) in [5, 5.41) is 4.40. The van der Waals surface area contributed by atoms with Gasteiger partial charge in [0.1, 0.15) is 5.65 Å². The van der Waals surface area contributed by atoms with Gasteiger partial charge >= 0.3 is 0 Å². The Morgan fingerprint density at radius 1 is 1.12 bits per heavy atom. The molecular weight excluding hydrogens is 336 g/mol. The van der Waals surface area contributed by atoms with Crippen LogP contribution in [0.25, 0.3) is 27.8 Å². The van der Waals surface area contributed by atoms with E-state index in [1.54, 1.807) is 18.6 Å². The highest BCUT2D eigenvalue weighted by Crippen LogP contribution is 2.35. The zero-order valence-corrected chi connectivity index (χ0v) is 14.4. The third-order valence-electron chi connectivity index (χ3n) is 3.77. The lowest BCUT2D eigenvalue weighted by atomic mass is 10.1. The van der Waals surface area contributed by atoms with Crippen LogP contribution >= 0.6 is 11.8 Å². The molecule has 4 aromatic heterocycles. The fraction of sp³-hybridized carbons (Fsp3) is 0.118. The Kier molecular flexibility index (Phi) is 3.81. The van der Waals surface area contributed by atoms with Gasteiger partial charge in [-0.3, -0.25) is 14.5 Å². The van der Waals surface area contributed by atoms with Crippen LogP contribution in [-0.2, 0) is 4.79 Å². The molecule has 0 aliphatic rings. The van der Waals surface area contributed by atoms with Gasteiger partial charge in [-0.05, 0) is 30.5 Å². The van der Waals surface area contributed by atoms with Crippen molar-refractivity contribution in [2.24, 2.45) is 0 Å².